The van der Waals surface area contributed by atoms with Crippen molar-refractivity contribution >= 4 is 0 Å². The van der Waals surface area contributed by atoms with Crippen LogP contribution in [0.5, 0.6) is 0 Å². The Morgan fingerprint density at radius 2 is 1.81 bits per heavy atom. The summed E-state index contributed by atoms with van der Waals surface area (Å²) in [5, 5.41) is 19.1. The van der Waals surface area contributed by atoms with Gasteiger partial charge in [0.2, 0.25) is 0 Å². The highest BCUT2D eigenvalue weighted by molar-refractivity contribution is 5.24. The van der Waals surface area contributed by atoms with Crippen molar-refractivity contribution in [3.05, 3.63) is 35.4 Å². The van der Waals surface area contributed by atoms with E-state index in [9.17, 15) is 10.2 Å². The molecule has 1 rings (SSSR count). The summed E-state index contributed by atoms with van der Waals surface area (Å²) in [7, 11) is 0. The molecule has 4 N–H and O–H groups in total. The molecule has 0 aliphatic carbocycles. The van der Waals surface area contributed by atoms with Gasteiger partial charge in [-0.15, -0.1) is 0 Å². The Kier molecular flexibility index (Phi) is 4.47. The van der Waals surface area contributed by atoms with Crippen molar-refractivity contribution in [1.82, 2.24) is 0 Å². The summed E-state index contributed by atoms with van der Waals surface area (Å²) in [6.07, 6.45) is 0.984. The van der Waals surface area contributed by atoms with Crippen molar-refractivity contribution in [3.63, 3.8) is 0 Å². The molecule has 1 aromatic rings. The van der Waals surface area contributed by atoms with Gasteiger partial charge in [-0.3, -0.25) is 0 Å². The highest BCUT2D eigenvalue weighted by Gasteiger charge is 2.12. The number of aryl methyl sites for hydroxylation is 1. The Labute approximate surface area is 96.9 Å². The molecule has 1 atom stereocenters. The molecule has 0 fully saturated rings. The van der Waals surface area contributed by atoms with Crippen LogP contribution in [0.15, 0.2) is 24.3 Å². The highest BCUT2D eigenvalue weighted by Crippen LogP contribution is 2.16. The summed E-state index contributed by atoms with van der Waals surface area (Å²) in [5.74, 6) is 0. The second kappa shape index (κ2) is 5.43. The van der Waals surface area contributed by atoms with Gasteiger partial charge < -0.3 is 15.9 Å². The zero-order chi connectivity index (χ0) is 12.2. The lowest BCUT2D eigenvalue weighted by atomic mass is 9.97. The third-order valence-electron chi connectivity index (χ3n) is 2.61. The first-order valence-electron chi connectivity index (χ1n) is 5.62. The summed E-state index contributed by atoms with van der Waals surface area (Å²) in [6.45, 7) is 3.85. The number of rotatable bonds is 5. The zero-order valence-corrected chi connectivity index (χ0v) is 9.98. The van der Waals surface area contributed by atoms with Crippen molar-refractivity contribution in [3.8, 4) is 0 Å². The first-order valence-corrected chi connectivity index (χ1v) is 5.62. The van der Waals surface area contributed by atoms with E-state index in [4.69, 9.17) is 5.73 Å². The van der Waals surface area contributed by atoms with Crippen molar-refractivity contribution < 1.29 is 10.2 Å². The van der Waals surface area contributed by atoms with E-state index >= 15 is 0 Å². The van der Waals surface area contributed by atoms with Crippen LogP contribution in [0.25, 0.3) is 0 Å². The second-order valence-electron chi connectivity index (χ2n) is 4.81. The predicted molar refractivity (Wildman–Crippen MR) is 65.1 cm³/mol. The number of benzene rings is 1. The molecule has 3 heteroatoms. The van der Waals surface area contributed by atoms with Gasteiger partial charge in [0.15, 0.2) is 0 Å². The molecule has 1 unspecified atom stereocenters. The average molecular weight is 223 g/mol. The quantitative estimate of drug-likeness (QED) is 0.706. The lowest BCUT2D eigenvalue weighted by Crippen LogP contribution is -2.19. The Balaban J connectivity index is 2.58. The van der Waals surface area contributed by atoms with E-state index in [0.29, 0.717) is 0 Å². The molecule has 0 saturated heterocycles. The number of nitrogens with two attached hydrogens (primary N) is 1. The molecule has 0 bridgehead atoms. The van der Waals surface area contributed by atoms with Gasteiger partial charge in [0.1, 0.15) is 0 Å². The number of aliphatic hydroxyl groups excluding tert-OH is 1. The molecule has 16 heavy (non-hydrogen) atoms. The SMILES string of the molecule is CC(C)(O)CCc1ccc(C(O)CN)cc1. The van der Waals surface area contributed by atoms with E-state index in [1.807, 2.05) is 24.3 Å². The molecule has 0 amide bonds. The third kappa shape index (κ3) is 4.31. The average Bonchev–Trinajstić information content (AvgIpc) is 2.25. The molecule has 0 spiro atoms. The largest absolute Gasteiger partial charge is 0.390 e. The van der Waals surface area contributed by atoms with Crippen LogP contribution in [0.1, 0.15) is 37.5 Å². The maximum atomic E-state index is 9.60. The van der Waals surface area contributed by atoms with Crippen LogP contribution in [0.2, 0.25) is 0 Å². The van der Waals surface area contributed by atoms with Crippen LogP contribution in [0, 0.1) is 0 Å². The molecule has 0 saturated carbocycles. The maximum Gasteiger partial charge on any atom is 0.0912 e. The van der Waals surface area contributed by atoms with Crippen molar-refractivity contribution in [2.45, 2.75) is 38.4 Å². The van der Waals surface area contributed by atoms with Gasteiger partial charge in [-0.25, -0.2) is 0 Å². The normalized spacial score (nSPS) is 13.8. The number of aliphatic hydroxyl groups is 2. The van der Waals surface area contributed by atoms with Gasteiger partial charge in [0.25, 0.3) is 0 Å². The molecule has 0 heterocycles. The Morgan fingerprint density at radius 1 is 1.25 bits per heavy atom. The van der Waals surface area contributed by atoms with E-state index in [1.54, 1.807) is 13.8 Å². The third-order valence-corrected chi connectivity index (χ3v) is 2.61. The molecular weight excluding hydrogens is 202 g/mol. The summed E-state index contributed by atoms with van der Waals surface area (Å²) in [4.78, 5) is 0. The Hall–Kier alpha value is -0.900. The van der Waals surface area contributed by atoms with Gasteiger partial charge in [-0.2, -0.15) is 0 Å². The number of hydrogen-bond donors (Lipinski definition) is 3. The van der Waals surface area contributed by atoms with Crippen LogP contribution in [-0.2, 0) is 6.42 Å². The van der Waals surface area contributed by atoms with Crippen LogP contribution in [-0.4, -0.2) is 22.4 Å². The molecular formula is C13H21NO2. The lowest BCUT2D eigenvalue weighted by Gasteiger charge is -2.16. The minimum Gasteiger partial charge on any atom is -0.390 e. The Bertz CT molecular complexity index is 314. The minimum absolute atomic E-state index is 0.239. The Morgan fingerprint density at radius 3 is 2.25 bits per heavy atom. The van der Waals surface area contributed by atoms with Gasteiger partial charge in [0, 0.05) is 6.54 Å². The molecule has 0 aliphatic rings. The van der Waals surface area contributed by atoms with E-state index in [2.05, 4.69) is 0 Å². The summed E-state index contributed by atoms with van der Waals surface area (Å²) in [5.41, 5.74) is 6.75. The molecule has 0 aromatic heterocycles. The van der Waals surface area contributed by atoms with Crippen molar-refractivity contribution in [1.29, 1.82) is 0 Å². The molecule has 90 valence electrons. The fourth-order valence-electron chi connectivity index (χ4n) is 1.49. The van der Waals surface area contributed by atoms with Gasteiger partial charge in [-0.1, -0.05) is 24.3 Å². The lowest BCUT2D eigenvalue weighted by molar-refractivity contribution is 0.0714. The van der Waals surface area contributed by atoms with E-state index in [0.717, 1.165) is 24.0 Å². The summed E-state index contributed by atoms with van der Waals surface area (Å²) < 4.78 is 0. The van der Waals surface area contributed by atoms with Gasteiger partial charge >= 0.3 is 0 Å². The summed E-state index contributed by atoms with van der Waals surface area (Å²) in [6, 6.07) is 7.72. The summed E-state index contributed by atoms with van der Waals surface area (Å²) >= 11 is 0. The molecule has 3 nitrogen and oxygen atoms in total. The maximum absolute atomic E-state index is 9.60. The fraction of sp³-hybridized carbons (Fsp3) is 0.538. The second-order valence-corrected chi connectivity index (χ2v) is 4.81. The van der Waals surface area contributed by atoms with Crippen molar-refractivity contribution in [2.24, 2.45) is 5.73 Å². The van der Waals surface area contributed by atoms with Crippen molar-refractivity contribution in [2.75, 3.05) is 6.54 Å². The fourth-order valence-corrected chi connectivity index (χ4v) is 1.49. The van der Waals surface area contributed by atoms with Crippen LogP contribution in [0.4, 0.5) is 0 Å². The smallest absolute Gasteiger partial charge is 0.0912 e. The van der Waals surface area contributed by atoms with E-state index in [1.165, 1.54) is 0 Å². The predicted octanol–water partition coefficient (Wildman–Crippen LogP) is 1.38. The van der Waals surface area contributed by atoms with E-state index < -0.39 is 11.7 Å². The standard InChI is InChI=1S/C13H21NO2/c1-13(2,16)8-7-10-3-5-11(6-4-10)12(15)9-14/h3-6,12,15-16H,7-9,14H2,1-2H3. The first-order chi connectivity index (χ1) is 7.42. The minimum atomic E-state index is -0.630. The number of hydrogen-bond acceptors (Lipinski definition) is 3. The molecule has 0 radical (unpaired) electrons. The molecule has 1 aromatic carbocycles. The van der Waals surface area contributed by atoms with Crippen LogP contribution in [0.3, 0.4) is 0 Å². The van der Waals surface area contributed by atoms with Gasteiger partial charge in [-0.05, 0) is 37.8 Å². The highest BCUT2D eigenvalue weighted by atomic mass is 16.3. The monoisotopic (exact) mass is 223 g/mol. The first kappa shape index (κ1) is 13.2. The van der Waals surface area contributed by atoms with Gasteiger partial charge in [0.05, 0.1) is 11.7 Å². The van der Waals surface area contributed by atoms with Crippen LogP contribution < -0.4 is 5.73 Å². The molecule has 0 aliphatic heterocycles. The zero-order valence-electron chi connectivity index (χ0n) is 9.98. The van der Waals surface area contributed by atoms with E-state index in [-0.39, 0.29) is 6.54 Å². The topological polar surface area (TPSA) is 66.5 Å². The van der Waals surface area contributed by atoms with Crippen LogP contribution >= 0.6 is 0 Å².